The van der Waals surface area contributed by atoms with Crippen LogP contribution in [0.3, 0.4) is 0 Å². The molecule has 0 spiro atoms. The van der Waals surface area contributed by atoms with Crippen LogP contribution in [0.15, 0.2) is 61.1 Å². The van der Waals surface area contributed by atoms with Gasteiger partial charge in [0.25, 0.3) is 0 Å². The summed E-state index contributed by atoms with van der Waals surface area (Å²) < 4.78 is 0. The molecule has 1 amide bonds. The zero-order valence-electron chi connectivity index (χ0n) is 13.9. The summed E-state index contributed by atoms with van der Waals surface area (Å²) in [6, 6.07) is 13.6. The van der Waals surface area contributed by atoms with Crippen molar-refractivity contribution in [1.82, 2.24) is 9.97 Å². The van der Waals surface area contributed by atoms with E-state index in [1.54, 1.807) is 23.5 Å². The molecule has 0 aliphatic rings. The van der Waals surface area contributed by atoms with Crippen LogP contribution in [-0.2, 0) is 4.79 Å². The molecule has 0 N–H and O–H groups in total. The third kappa shape index (κ3) is 3.51. The summed E-state index contributed by atoms with van der Waals surface area (Å²) in [5.74, 6) is 0.0825. The summed E-state index contributed by atoms with van der Waals surface area (Å²) >= 11 is 0. The topological polar surface area (TPSA) is 49.3 Å². The Bertz CT molecular complexity index is 835. The smallest absolute Gasteiger partial charge is 0.228 e. The minimum Gasteiger partial charge on any atom is -0.374 e. The summed E-state index contributed by atoms with van der Waals surface area (Å²) in [5.41, 5.74) is 2.86. The number of rotatable bonds is 5. The molecule has 0 atom stereocenters. The molecular weight excluding hydrogens is 300 g/mol. The molecule has 0 saturated carbocycles. The predicted octanol–water partition coefficient (Wildman–Crippen LogP) is 3.12. The molecule has 1 aromatic carbocycles. The van der Waals surface area contributed by atoms with Gasteiger partial charge in [0.1, 0.15) is 0 Å². The van der Waals surface area contributed by atoms with Gasteiger partial charge in [-0.05, 0) is 36.4 Å². The molecule has 3 aromatic rings. The molecule has 2 aromatic heterocycles. The minimum absolute atomic E-state index is 0.0825. The van der Waals surface area contributed by atoms with Gasteiger partial charge in [0.15, 0.2) is 0 Å². The minimum atomic E-state index is 0.0825. The lowest BCUT2D eigenvalue weighted by Gasteiger charge is -2.22. The molecule has 122 valence electrons. The summed E-state index contributed by atoms with van der Waals surface area (Å²) in [6.07, 6.45) is 5.72. The van der Waals surface area contributed by atoms with E-state index in [4.69, 9.17) is 0 Å². The Morgan fingerprint density at radius 1 is 1.00 bits per heavy atom. The molecule has 2 heterocycles. The first-order valence-electron chi connectivity index (χ1n) is 7.87. The van der Waals surface area contributed by atoms with Crippen LogP contribution in [0.5, 0.6) is 0 Å². The monoisotopic (exact) mass is 320 g/mol. The molecule has 5 nitrogen and oxygen atoms in total. The lowest BCUT2D eigenvalue weighted by Crippen LogP contribution is -2.30. The van der Waals surface area contributed by atoms with E-state index in [9.17, 15) is 4.79 Å². The highest BCUT2D eigenvalue weighted by Gasteiger charge is 2.12. The van der Waals surface area contributed by atoms with Gasteiger partial charge >= 0.3 is 0 Å². The van der Waals surface area contributed by atoms with Crippen molar-refractivity contribution in [2.24, 2.45) is 0 Å². The first kappa shape index (κ1) is 15.9. The fourth-order valence-electron chi connectivity index (χ4n) is 2.57. The lowest BCUT2D eigenvalue weighted by molar-refractivity contribution is -0.118. The third-order valence-electron chi connectivity index (χ3n) is 4.11. The number of pyridine rings is 2. The van der Waals surface area contributed by atoms with Crippen molar-refractivity contribution in [3.8, 4) is 0 Å². The van der Waals surface area contributed by atoms with Gasteiger partial charge in [-0.3, -0.25) is 14.8 Å². The first-order chi connectivity index (χ1) is 11.6. The molecule has 0 bridgehead atoms. The molecule has 0 saturated heterocycles. The quantitative estimate of drug-likeness (QED) is 0.725. The number of nitrogens with zero attached hydrogens (tertiary/aromatic N) is 4. The molecule has 0 aliphatic carbocycles. The van der Waals surface area contributed by atoms with Crippen LogP contribution in [0.1, 0.15) is 6.42 Å². The number of carbonyl (C=O) groups is 1. The van der Waals surface area contributed by atoms with Crippen molar-refractivity contribution >= 4 is 28.2 Å². The van der Waals surface area contributed by atoms with Crippen molar-refractivity contribution < 1.29 is 4.79 Å². The highest BCUT2D eigenvalue weighted by Crippen LogP contribution is 2.20. The van der Waals surface area contributed by atoms with Crippen molar-refractivity contribution in [3.05, 3.63) is 61.1 Å². The van der Waals surface area contributed by atoms with Crippen LogP contribution in [0.2, 0.25) is 0 Å². The standard InChI is InChI=1S/C19H20N4O/c1-22(16-7-11-20-12-8-16)13-9-19(24)23(2)17-5-6-18-15(14-17)4-3-10-21-18/h3-8,10-12,14H,9,13H2,1-2H3. The number of carbonyl (C=O) groups excluding carboxylic acids is 1. The molecule has 3 rings (SSSR count). The van der Waals surface area contributed by atoms with Crippen LogP contribution in [-0.4, -0.2) is 36.5 Å². The molecular formula is C19H20N4O. The maximum Gasteiger partial charge on any atom is 0.228 e. The number of amides is 1. The number of hydrogen-bond donors (Lipinski definition) is 0. The van der Waals surface area contributed by atoms with E-state index < -0.39 is 0 Å². The number of anilines is 2. The van der Waals surface area contributed by atoms with Gasteiger partial charge in [-0.25, -0.2) is 0 Å². The molecule has 24 heavy (non-hydrogen) atoms. The maximum atomic E-state index is 12.5. The van der Waals surface area contributed by atoms with Gasteiger partial charge in [-0.15, -0.1) is 0 Å². The average molecular weight is 320 g/mol. The number of hydrogen-bond acceptors (Lipinski definition) is 4. The van der Waals surface area contributed by atoms with Gasteiger partial charge < -0.3 is 9.80 Å². The van der Waals surface area contributed by atoms with Crippen LogP contribution in [0.25, 0.3) is 10.9 Å². The van der Waals surface area contributed by atoms with E-state index in [0.29, 0.717) is 13.0 Å². The van der Waals surface area contributed by atoms with Crippen LogP contribution >= 0.6 is 0 Å². The van der Waals surface area contributed by atoms with Crippen LogP contribution < -0.4 is 9.80 Å². The number of benzene rings is 1. The molecule has 0 aliphatic heterocycles. The fourth-order valence-corrected chi connectivity index (χ4v) is 2.57. The van der Waals surface area contributed by atoms with Gasteiger partial charge in [-0.2, -0.15) is 0 Å². The molecule has 0 fully saturated rings. The Kier molecular flexibility index (Phi) is 4.70. The van der Waals surface area contributed by atoms with E-state index in [1.807, 2.05) is 56.6 Å². The predicted molar refractivity (Wildman–Crippen MR) is 97.3 cm³/mol. The highest BCUT2D eigenvalue weighted by molar-refractivity contribution is 5.95. The lowest BCUT2D eigenvalue weighted by atomic mass is 10.2. The molecule has 5 heteroatoms. The van der Waals surface area contributed by atoms with E-state index in [-0.39, 0.29) is 5.91 Å². The van der Waals surface area contributed by atoms with E-state index in [2.05, 4.69) is 14.9 Å². The zero-order chi connectivity index (χ0) is 16.9. The summed E-state index contributed by atoms with van der Waals surface area (Å²) in [4.78, 5) is 24.6. The largest absolute Gasteiger partial charge is 0.374 e. The highest BCUT2D eigenvalue weighted by atomic mass is 16.2. The number of aromatic nitrogens is 2. The summed E-state index contributed by atoms with van der Waals surface area (Å²) in [7, 11) is 3.79. The van der Waals surface area contributed by atoms with Crippen molar-refractivity contribution in [3.63, 3.8) is 0 Å². The Morgan fingerprint density at radius 2 is 1.79 bits per heavy atom. The fraction of sp³-hybridized carbons (Fsp3) is 0.211. The van der Waals surface area contributed by atoms with Crippen LogP contribution in [0, 0.1) is 0 Å². The Morgan fingerprint density at radius 3 is 2.58 bits per heavy atom. The zero-order valence-corrected chi connectivity index (χ0v) is 13.9. The third-order valence-corrected chi connectivity index (χ3v) is 4.11. The van der Waals surface area contributed by atoms with Gasteiger partial charge in [0.05, 0.1) is 5.52 Å². The van der Waals surface area contributed by atoms with Crippen molar-refractivity contribution in [2.75, 3.05) is 30.4 Å². The van der Waals surface area contributed by atoms with Crippen molar-refractivity contribution in [1.29, 1.82) is 0 Å². The van der Waals surface area contributed by atoms with E-state index in [1.165, 1.54) is 0 Å². The Hall–Kier alpha value is -2.95. The normalized spacial score (nSPS) is 10.6. The SMILES string of the molecule is CN(CCC(=O)N(C)c1ccc2ncccc2c1)c1ccncc1. The second-order valence-corrected chi connectivity index (χ2v) is 5.71. The summed E-state index contributed by atoms with van der Waals surface area (Å²) in [5, 5.41) is 1.03. The Balaban J connectivity index is 1.65. The van der Waals surface area contributed by atoms with Gasteiger partial charge in [0, 0.05) is 62.4 Å². The first-order valence-corrected chi connectivity index (χ1v) is 7.87. The maximum absolute atomic E-state index is 12.5. The van der Waals surface area contributed by atoms with E-state index >= 15 is 0 Å². The summed E-state index contributed by atoms with van der Waals surface area (Å²) in [6.45, 7) is 0.655. The second-order valence-electron chi connectivity index (χ2n) is 5.71. The van der Waals surface area contributed by atoms with Gasteiger partial charge in [0.2, 0.25) is 5.91 Å². The van der Waals surface area contributed by atoms with E-state index in [0.717, 1.165) is 22.3 Å². The average Bonchev–Trinajstić information content (AvgIpc) is 2.65. The Labute approximate surface area is 141 Å². The molecule has 0 radical (unpaired) electrons. The molecule has 0 unspecified atom stereocenters. The van der Waals surface area contributed by atoms with Crippen molar-refractivity contribution in [2.45, 2.75) is 6.42 Å². The second kappa shape index (κ2) is 7.08. The number of fused-ring (bicyclic) bond motifs is 1. The van der Waals surface area contributed by atoms with Crippen LogP contribution in [0.4, 0.5) is 11.4 Å². The van der Waals surface area contributed by atoms with Gasteiger partial charge in [-0.1, -0.05) is 6.07 Å².